The molecule has 0 saturated heterocycles. The lowest BCUT2D eigenvalue weighted by molar-refractivity contribution is -0.173. The van der Waals surface area contributed by atoms with Crippen LogP contribution in [-0.4, -0.2) is 28.2 Å². The first kappa shape index (κ1) is 22.5. The number of rotatable bonds is 4. The van der Waals surface area contributed by atoms with Crippen LogP contribution in [0.15, 0.2) is 12.2 Å². The lowest BCUT2D eigenvalue weighted by Gasteiger charge is -2.60. The largest absolute Gasteiger partial charge is 0.390 e. The van der Waals surface area contributed by atoms with E-state index in [2.05, 4.69) is 46.8 Å². The molecule has 10 atom stereocenters. The maximum atomic E-state index is 13.3. The molecule has 0 bridgehead atoms. The summed E-state index contributed by atoms with van der Waals surface area (Å²) in [5.41, 5.74) is 0.194. The quantitative estimate of drug-likeness (QED) is 0.604. The van der Waals surface area contributed by atoms with Crippen LogP contribution in [0.25, 0.3) is 0 Å². The second kappa shape index (κ2) is 8.03. The lowest BCUT2D eigenvalue weighted by atomic mass is 9.44. The van der Waals surface area contributed by atoms with E-state index >= 15 is 0 Å². The third-order valence-electron chi connectivity index (χ3n) is 10.2. The molecule has 0 aliphatic heterocycles. The Labute approximate surface area is 183 Å². The van der Waals surface area contributed by atoms with E-state index in [1.54, 1.807) is 0 Å². The number of aliphatic hydroxyl groups is 2. The average Bonchev–Trinajstić information content (AvgIpc) is 3.01. The molecule has 0 heterocycles. The van der Waals surface area contributed by atoms with E-state index in [0.29, 0.717) is 66.0 Å². The number of Topliss-reactive ketones (excluding diaryl/α,β-unsaturated/α-hetero) is 1. The van der Waals surface area contributed by atoms with Crippen molar-refractivity contribution in [2.24, 2.45) is 52.3 Å². The zero-order chi connectivity index (χ0) is 21.8. The van der Waals surface area contributed by atoms with Gasteiger partial charge < -0.3 is 10.2 Å². The van der Waals surface area contributed by atoms with Gasteiger partial charge in [0.2, 0.25) is 0 Å². The van der Waals surface area contributed by atoms with Crippen molar-refractivity contribution in [2.75, 3.05) is 0 Å². The molecule has 4 saturated carbocycles. The first-order valence-corrected chi connectivity index (χ1v) is 12.6. The van der Waals surface area contributed by atoms with E-state index in [4.69, 9.17) is 0 Å². The Morgan fingerprint density at radius 1 is 1.03 bits per heavy atom. The number of carbonyl (C=O) groups is 1. The number of hydrogen-bond donors (Lipinski definition) is 2. The molecule has 0 unspecified atom stereocenters. The molecule has 0 aromatic rings. The minimum atomic E-state index is -0.730. The summed E-state index contributed by atoms with van der Waals surface area (Å²) in [5.74, 6) is 3.95. The van der Waals surface area contributed by atoms with E-state index in [0.717, 1.165) is 6.42 Å². The molecule has 0 amide bonds. The van der Waals surface area contributed by atoms with Crippen LogP contribution in [0.1, 0.15) is 86.0 Å². The average molecular weight is 417 g/mol. The Kier molecular flexibility index (Phi) is 6.03. The zero-order valence-electron chi connectivity index (χ0n) is 19.8. The maximum Gasteiger partial charge on any atom is 0.136 e. The smallest absolute Gasteiger partial charge is 0.136 e. The SMILES string of the molecule is CC(C)C/C=C/[C@@H](C)[C@H]1CC[C@H]2[C@@H]3CC(=O)[C@H]4C[C@H](O)[C@H](O)C[C@]4(C)[C@H]3CC[C@]12C. The predicted octanol–water partition coefficient (Wildman–Crippen LogP) is 5.39. The number of allylic oxidation sites excluding steroid dienone is 2. The molecule has 0 aromatic heterocycles. The van der Waals surface area contributed by atoms with Crippen LogP contribution in [0.2, 0.25) is 0 Å². The summed E-state index contributed by atoms with van der Waals surface area (Å²) in [7, 11) is 0. The zero-order valence-corrected chi connectivity index (χ0v) is 19.8. The Hall–Kier alpha value is -0.670. The van der Waals surface area contributed by atoms with Gasteiger partial charge in [-0.05, 0) is 91.3 Å². The molecule has 4 aliphatic rings. The molecule has 0 aromatic carbocycles. The third kappa shape index (κ3) is 3.52. The van der Waals surface area contributed by atoms with Gasteiger partial charge in [0.05, 0.1) is 12.2 Å². The summed E-state index contributed by atoms with van der Waals surface area (Å²) in [6, 6.07) is 0. The topological polar surface area (TPSA) is 57.5 Å². The molecule has 2 N–H and O–H groups in total. The summed E-state index contributed by atoms with van der Waals surface area (Å²) >= 11 is 0. The summed E-state index contributed by atoms with van der Waals surface area (Å²) in [6.07, 6.45) is 11.3. The van der Waals surface area contributed by atoms with Gasteiger partial charge in [0.1, 0.15) is 5.78 Å². The van der Waals surface area contributed by atoms with Crippen LogP contribution in [-0.2, 0) is 4.79 Å². The highest BCUT2D eigenvalue weighted by Gasteiger charge is 2.63. The number of aliphatic hydroxyl groups excluding tert-OH is 2. The number of ketones is 1. The second-order valence-electron chi connectivity index (χ2n) is 12.3. The Bertz CT molecular complexity index is 684. The van der Waals surface area contributed by atoms with E-state index in [1.165, 1.54) is 25.7 Å². The standard InChI is InChI=1S/C27H44O3/c1-16(2)7-6-8-17(3)19-9-10-20-18-13-23(28)22-14-24(29)25(30)15-27(22,5)21(18)11-12-26(19,20)4/h6,8,16-22,24-25,29-30H,7,9-15H2,1-5H3/b8-6+/t17-,18+,19-,20+,21+,22-,24+,25-,26-,27-/m1/s1. The molecule has 3 heteroatoms. The van der Waals surface area contributed by atoms with Crippen molar-refractivity contribution in [1.82, 2.24) is 0 Å². The van der Waals surface area contributed by atoms with E-state index in [-0.39, 0.29) is 11.3 Å². The van der Waals surface area contributed by atoms with Crippen molar-refractivity contribution in [2.45, 2.75) is 98.2 Å². The van der Waals surface area contributed by atoms with Crippen molar-refractivity contribution in [3.8, 4) is 0 Å². The lowest BCUT2D eigenvalue weighted by Crippen LogP contribution is -2.59. The monoisotopic (exact) mass is 416 g/mol. The highest BCUT2D eigenvalue weighted by atomic mass is 16.3. The van der Waals surface area contributed by atoms with Crippen molar-refractivity contribution in [3.05, 3.63) is 12.2 Å². The predicted molar refractivity (Wildman–Crippen MR) is 121 cm³/mol. The molecule has 30 heavy (non-hydrogen) atoms. The van der Waals surface area contributed by atoms with Gasteiger partial charge >= 0.3 is 0 Å². The van der Waals surface area contributed by atoms with Gasteiger partial charge in [-0.1, -0.05) is 46.8 Å². The van der Waals surface area contributed by atoms with Crippen molar-refractivity contribution in [1.29, 1.82) is 0 Å². The van der Waals surface area contributed by atoms with Gasteiger partial charge in [-0.15, -0.1) is 0 Å². The van der Waals surface area contributed by atoms with Gasteiger partial charge in [-0.2, -0.15) is 0 Å². The molecule has 170 valence electrons. The van der Waals surface area contributed by atoms with Gasteiger partial charge in [0.15, 0.2) is 0 Å². The molecule has 4 aliphatic carbocycles. The summed E-state index contributed by atoms with van der Waals surface area (Å²) in [4.78, 5) is 13.3. The van der Waals surface area contributed by atoms with Crippen LogP contribution < -0.4 is 0 Å². The maximum absolute atomic E-state index is 13.3. The number of fused-ring (bicyclic) bond motifs is 5. The van der Waals surface area contributed by atoms with E-state index in [1.807, 2.05) is 0 Å². The molecule has 4 fully saturated rings. The second-order valence-corrected chi connectivity index (χ2v) is 12.3. The van der Waals surface area contributed by atoms with Crippen molar-refractivity contribution < 1.29 is 15.0 Å². The third-order valence-corrected chi connectivity index (χ3v) is 10.2. The van der Waals surface area contributed by atoms with Crippen molar-refractivity contribution in [3.63, 3.8) is 0 Å². The fraction of sp³-hybridized carbons (Fsp3) is 0.889. The minimum absolute atomic E-state index is 0.0587. The Morgan fingerprint density at radius 3 is 2.43 bits per heavy atom. The number of hydrogen-bond acceptors (Lipinski definition) is 3. The first-order chi connectivity index (χ1) is 14.1. The van der Waals surface area contributed by atoms with Gasteiger partial charge in [0.25, 0.3) is 0 Å². The summed E-state index contributed by atoms with van der Waals surface area (Å²) < 4.78 is 0. The normalized spacial score (nSPS) is 49.7. The fourth-order valence-corrected chi connectivity index (χ4v) is 8.68. The fourth-order valence-electron chi connectivity index (χ4n) is 8.68. The van der Waals surface area contributed by atoms with E-state index < -0.39 is 12.2 Å². The minimum Gasteiger partial charge on any atom is -0.390 e. The summed E-state index contributed by atoms with van der Waals surface area (Å²) in [6.45, 7) is 11.7. The first-order valence-electron chi connectivity index (χ1n) is 12.6. The molecule has 0 radical (unpaired) electrons. The van der Waals surface area contributed by atoms with Gasteiger partial charge in [-0.25, -0.2) is 0 Å². The molecule has 4 rings (SSSR count). The number of carbonyl (C=O) groups excluding carboxylic acids is 1. The molecule has 0 spiro atoms. The van der Waals surface area contributed by atoms with Gasteiger partial charge in [-0.3, -0.25) is 4.79 Å². The van der Waals surface area contributed by atoms with Gasteiger partial charge in [0, 0.05) is 12.3 Å². The molecular formula is C27H44O3. The van der Waals surface area contributed by atoms with Crippen LogP contribution in [0.3, 0.4) is 0 Å². The van der Waals surface area contributed by atoms with Crippen LogP contribution >= 0.6 is 0 Å². The van der Waals surface area contributed by atoms with E-state index in [9.17, 15) is 15.0 Å². The Morgan fingerprint density at radius 2 is 1.73 bits per heavy atom. The van der Waals surface area contributed by atoms with Crippen LogP contribution in [0, 0.1) is 52.3 Å². The Balaban J connectivity index is 1.55. The highest BCUT2D eigenvalue weighted by molar-refractivity contribution is 5.83. The molecule has 3 nitrogen and oxygen atoms in total. The summed E-state index contributed by atoms with van der Waals surface area (Å²) in [5, 5.41) is 20.7. The van der Waals surface area contributed by atoms with Crippen LogP contribution in [0.5, 0.6) is 0 Å². The van der Waals surface area contributed by atoms with Crippen LogP contribution in [0.4, 0.5) is 0 Å². The van der Waals surface area contributed by atoms with Crippen molar-refractivity contribution >= 4 is 5.78 Å². The highest BCUT2D eigenvalue weighted by Crippen LogP contribution is 2.67. The molecular weight excluding hydrogens is 372 g/mol.